The molecule has 17 nitrogen and oxygen atoms in total. The quantitative estimate of drug-likeness (QED) is 0.0775. The van der Waals surface area contributed by atoms with Crippen LogP contribution in [0.1, 0.15) is 69.3 Å². The Labute approximate surface area is 313 Å². The van der Waals surface area contributed by atoms with Gasteiger partial charge < -0.3 is 45.9 Å². The summed E-state index contributed by atoms with van der Waals surface area (Å²) in [7, 11) is 6.45. The van der Waals surface area contributed by atoms with Gasteiger partial charge in [-0.1, -0.05) is 34.1 Å². The Morgan fingerprint density at radius 1 is 1.06 bits per heavy atom. The molecule has 0 aromatic heterocycles. The molecule has 0 radical (unpaired) electrons. The van der Waals surface area contributed by atoms with E-state index in [0.717, 1.165) is 4.90 Å². The highest BCUT2D eigenvalue weighted by Gasteiger charge is 2.63. The highest BCUT2D eigenvalue weighted by Crippen LogP contribution is 2.54. The summed E-state index contributed by atoms with van der Waals surface area (Å²) in [5.41, 5.74) is 1.29. The van der Waals surface area contributed by atoms with Crippen LogP contribution in [-0.2, 0) is 35.1 Å². The van der Waals surface area contributed by atoms with Crippen molar-refractivity contribution in [1.82, 2.24) is 9.80 Å². The van der Waals surface area contributed by atoms with Gasteiger partial charge in [0.2, 0.25) is 18.5 Å². The molecule has 1 aromatic carbocycles. The number of hydrogen-bond donors (Lipinski definition) is 6. The van der Waals surface area contributed by atoms with E-state index in [0.29, 0.717) is 24.1 Å². The summed E-state index contributed by atoms with van der Waals surface area (Å²) < 4.78 is 10.1. The van der Waals surface area contributed by atoms with Crippen LogP contribution in [0.3, 0.4) is 0 Å². The number of ether oxygens (including phenoxy) is 2. The maximum atomic E-state index is 14.3. The third-order valence-electron chi connectivity index (χ3n) is 9.91. The van der Waals surface area contributed by atoms with Gasteiger partial charge in [0, 0.05) is 37.8 Å². The molecule has 0 heterocycles. The van der Waals surface area contributed by atoms with Crippen molar-refractivity contribution in [3.8, 4) is 5.75 Å². The number of likely N-dealkylation sites (N-methyl/N-ethyl adjacent to an activating group) is 1. The summed E-state index contributed by atoms with van der Waals surface area (Å²) >= 11 is 0. The number of phenols is 1. The Hall–Kier alpha value is -5.16. The van der Waals surface area contributed by atoms with Gasteiger partial charge in [-0.3, -0.25) is 33.8 Å². The number of primary amides is 1. The van der Waals surface area contributed by atoms with E-state index in [4.69, 9.17) is 15.2 Å². The van der Waals surface area contributed by atoms with Crippen molar-refractivity contribution in [3.63, 3.8) is 0 Å². The number of nitrogens with one attached hydrogen (secondary N) is 1. The minimum atomic E-state index is -2.81. The SMILES string of the molecule is CCCCN(CC(=O)Nc1cc(N(C)C)c2c(c1O)C(=O)C1=C(O)[C@]3(O)C(=O)C(C(N)=O)=C(O)[C@@H](N(C)C)[C@@H]3C[C@@H]1C2)C(=O)OCOC(=O)CC(C)(C)C. The van der Waals surface area contributed by atoms with Crippen molar-refractivity contribution in [3.05, 3.63) is 39.9 Å². The number of hydrogen-bond acceptors (Lipinski definition) is 14. The number of nitrogens with zero attached hydrogens (tertiary/aromatic N) is 3. The summed E-state index contributed by atoms with van der Waals surface area (Å²) in [6, 6.07) is 0.323. The zero-order valence-corrected chi connectivity index (χ0v) is 31.9. The van der Waals surface area contributed by atoms with Gasteiger partial charge in [0.05, 0.1) is 23.7 Å². The van der Waals surface area contributed by atoms with Crippen molar-refractivity contribution < 1.29 is 58.7 Å². The van der Waals surface area contributed by atoms with Gasteiger partial charge in [-0.2, -0.15) is 0 Å². The number of unbranched alkanes of at least 4 members (excludes halogenated alkanes) is 1. The summed E-state index contributed by atoms with van der Waals surface area (Å²) in [4.78, 5) is 82.8. The number of rotatable bonds is 12. The van der Waals surface area contributed by atoms with E-state index in [9.17, 15) is 49.2 Å². The average molecular weight is 758 g/mol. The smallest absolute Gasteiger partial charge is 0.413 e. The molecule has 3 aliphatic rings. The maximum Gasteiger partial charge on any atom is 0.413 e. The van der Waals surface area contributed by atoms with Gasteiger partial charge in [-0.05, 0) is 56.3 Å². The molecule has 54 heavy (non-hydrogen) atoms. The first-order valence-electron chi connectivity index (χ1n) is 17.6. The molecule has 3 aliphatic carbocycles. The summed E-state index contributed by atoms with van der Waals surface area (Å²) in [5.74, 6) is -9.25. The topological polar surface area (TPSA) is 250 Å². The number of aliphatic hydroxyl groups excluding tert-OH is 2. The standard InChI is InChI=1S/C37H51N5O12/c1-9-10-11-42(35(51)54-17-53-24(44)15-36(2,3)4)16-23(43)39-21-14-22(40(5)6)19-12-18-13-20-28(41(7)8)31(47)27(34(38)50)33(49)37(20,52)32(48)25(18)30(46)26(19)29(21)45/h14,18,20,28,45,47-48,52H,9-13,15-17H2,1-8H3,(H2,38,50)(H,39,43)/t18-,20-,28-,37-/m0/s1. The van der Waals surface area contributed by atoms with E-state index in [1.807, 2.05) is 27.7 Å². The molecule has 3 amide bonds. The normalized spacial score (nSPS) is 22.3. The van der Waals surface area contributed by atoms with Gasteiger partial charge in [0.15, 0.2) is 17.1 Å². The van der Waals surface area contributed by atoms with Crippen LogP contribution in [0.15, 0.2) is 28.7 Å². The first-order valence-corrected chi connectivity index (χ1v) is 17.6. The predicted octanol–water partition coefficient (Wildman–Crippen LogP) is 2.30. The highest BCUT2D eigenvalue weighted by molar-refractivity contribution is 6.25. The zero-order chi connectivity index (χ0) is 40.6. The number of anilines is 2. The van der Waals surface area contributed by atoms with Crippen LogP contribution in [0.5, 0.6) is 5.75 Å². The second kappa shape index (κ2) is 15.7. The number of Topliss-reactive ketones (excluding diaryl/α,β-unsaturated/α-hetero) is 2. The number of carbonyl (C=O) groups excluding carboxylic acids is 6. The molecule has 1 aromatic rings. The lowest BCUT2D eigenvalue weighted by molar-refractivity contribution is -0.154. The van der Waals surface area contributed by atoms with Gasteiger partial charge in [0.25, 0.3) is 5.91 Å². The van der Waals surface area contributed by atoms with Gasteiger partial charge in [0.1, 0.15) is 23.6 Å². The van der Waals surface area contributed by atoms with E-state index < -0.39 is 95.1 Å². The first kappa shape index (κ1) is 41.6. The molecule has 0 aliphatic heterocycles. The van der Waals surface area contributed by atoms with Crippen LogP contribution in [0.2, 0.25) is 0 Å². The molecular formula is C37H51N5O12. The van der Waals surface area contributed by atoms with Crippen LogP contribution < -0.4 is 16.0 Å². The number of fused-ring (bicyclic) bond motifs is 3. The Morgan fingerprint density at radius 3 is 2.26 bits per heavy atom. The van der Waals surface area contributed by atoms with Crippen LogP contribution >= 0.6 is 0 Å². The Balaban J connectivity index is 1.67. The fourth-order valence-electron chi connectivity index (χ4n) is 7.46. The van der Waals surface area contributed by atoms with E-state index in [1.165, 1.54) is 11.0 Å². The lowest BCUT2D eigenvalue weighted by Gasteiger charge is -2.50. The van der Waals surface area contributed by atoms with Gasteiger partial charge in [-0.15, -0.1) is 0 Å². The number of amides is 3. The maximum absolute atomic E-state index is 14.3. The number of esters is 1. The molecule has 0 spiro atoms. The number of benzene rings is 1. The molecule has 7 N–H and O–H groups in total. The van der Waals surface area contributed by atoms with Crippen LogP contribution in [0.4, 0.5) is 16.2 Å². The summed E-state index contributed by atoms with van der Waals surface area (Å²) in [6.45, 7) is 6.36. The average Bonchev–Trinajstić information content (AvgIpc) is 3.04. The molecule has 0 saturated carbocycles. The number of allylic oxidation sites excluding steroid dienone is 1. The number of nitrogens with two attached hydrogens (primary N) is 1. The number of carbonyl (C=O) groups is 6. The number of phenolic OH excluding ortho intramolecular Hbond substituents is 1. The van der Waals surface area contributed by atoms with E-state index in [1.54, 1.807) is 33.1 Å². The van der Waals surface area contributed by atoms with Crippen molar-refractivity contribution in [2.75, 3.05) is 58.3 Å². The molecule has 0 bridgehead atoms. The minimum Gasteiger partial charge on any atom is -0.510 e. The molecule has 4 atom stereocenters. The fourth-order valence-corrected chi connectivity index (χ4v) is 7.46. The van der Waals surface area contributed by atoms with Crippen molar-refractivity contribution in [2.24, 2.45) is 23.0 Å². The third kappa shape index (κ3) is 7.87. The molecular weight excluding hydrogens is 706 g/mol. The lowest BCUT2D eigenvalue weighted by Crippen LogP contribution is -2.63. The fraction of sp³-hybridized carbons (Fsp3) is 0.568. The summed E-state index contributed by atoms with van der Waals surface area (Å²) in [5, 5.41) is 48.6. The number of aromatic hydroxyl groups is 1. The molecule has 4 rings (SSSR count). The third-order valence-corrected chi connectivity index (χ3v) is 9.91. The van der Waals surface area contributed by atoms with E-state index in [-0.39, 0.29) is 48.0 Å². The largest absolute Gasteiger partial charge is 0.510 e. The second-order valence-corrected chi connectivity index (χ2v) is 15.6. The first-order chi connectivity index (χ1) is 25.1. The van der Waals surface area contributed by atoms with Crippen LogP contribution in [0.25, 0.3) is 0 Å². The monoisotopic (exact) mass is 757 g/mol. The van der Waals surface area contributed by atoms with Crippen LogP contribution in [-0.4, -0.2) is 125 Å². The van der Waals surface area contributed by atoms with Crippen molar-refractivity contribution in [2.45, 2.75) is 71.4 Å². The number of ketones is 2. The van der Waals surface area contributed by atoms with E-state index in [2.05, 4.69) is 5.32 Å². The number of aliphatic hydroxyl groups is 3. The zero-order valence-electron chi connectivity index (χ0n) is 31.9. The Morgan fingerprint density at radius 2 is 1.70 bits per heavy atom. The molecule has 17 heteroatoms. The molecule has 0 saturated heterocycles. The van der Waals surface area contributed by atoms with Crippen molar-refractivity contribution in [1.29, 1.82) is 0 Å². The molecule has 0 fully saturated rings. The minimum absolute atomic E-state index is 0.0425. The Kier molecular flexibility index (Phi) is 12.1. The van der Waals surface area contributed by atoms with E-state index >= 15 is 0 Å². The lowest BCUT2D eigenvalue weighted by atomic mass is 9.58. The van der Waals surface area contributed by atoms with Crippen molar-refractivity contribution >= 4 is 46.8 Å². The Bertz CT molecular complexity index is 1810. The molecule has 0 unspecified atom stereocenters. The van der Waals surface area contributed by atoms with Gasteiger partial charge in [-0.25, -0.2) is 4.79 Å². The van der Waals surface area contributed by atoms with Crippen LogP contribution in [0, 0.1) is 17.3 Å². The second-order valence-electron chi connectivity index (χ2n) is 15.6. The highest BCUT2D eigenvalue weighted by atomic mass is 16.7. The van der Waals surface area contributed by atoms with Gasteiger partial charge >= 0.3 is 12.1 Å². The molecule has 296 valence electrons. The summed E-state index contributed by atoms with van der Waals surface area (Å²) in [6.07, 6.45) is 0.322. The predicted molar refractivity (Wildman–Crippen MR) is 195 cm³/mol.